The zero-order valence-corrected chi connectivity index (χ0v) is 15.7. The van der Waals surface area contributed by atoms with Gasteiger partial charge >= 0.3 is 6.09 Å². The van der Waals surface area contributed by atoms with Crippen LogP contribution in [-0.2, 0) is 4.74 Å². The lowest BCUT2D eigenvalue weighted by atomic mass is 10.2. The van der Waals surface area contributed by atoms with Gasteiger partial charge in [0.05, 0.1) is 17.8 Å². The van der Waals surface area contributed by atoms with Gasteiger partial charge in [0, 0.05) is 43.8 Å². The summed E-state index contributed by atoms with van der Waals surface area (Å²) in [7, 11) is 0. The lowest BCUT2D eigenvalue weighted by Crippen LogP contribution is -2.49. The summed E-state index contributed by atoms with van der Waals surface area (Å²) in [6, 6.07) is 11.9. The van der Waals surface area contributed by atoms with Crippen molar-refractivity contribution in [2.24, 2.45) is 0 Å². The highest BCUT2D eigenvalue weighted by molar-refractivity contribution is 5.91. The third-order valence-electron chi connectivity index (χ3n) is 4.68. The Labute approximate surface area is 163 Å². The predicted molar refractivity (Wildman–Crippen MR) is 108 cm³/mol. The number of carbonyl (C=O) groups is 1. The third kappa shape index (κ3) is 3.80. The molecule has 4 rings (SSSR count). The molecule has 1 fully saturated rings. The van der Waals surface area contributed by atoms with E-state index in [1.54, 1.807) is 17.4 Å². The van der Waals surface area contributed by atoms with Crippen molar-refractivity contribution in [3.63, 3.8) is 0 Å². The Kier molecular flexibility index (Phi) is 5.18. The van der Waals surface area contributed by atoms with Gasteiger partial charge < -0.3 is 19.9 Å². The first-order valence-electron chi connectivity index (χ1n) is 9.34. The molecule has 1 N–H and O–H groups in total. The van der Waals surface area contributed by atoms with Crippen LogP contribution in [0.5, 0.6) is 0 Å². The second kappa shape index (κ2) is 8.08. The molecule has 8 heteroatoms. The molecule has 3 aromatic rings. The van der Waals surface area contributed by atoms with Gasteiger partial charge in [-0.2, -0.15) is 0 Å². The molecule has 2 aromatic heterocycles. The van der Waals surface area contributed by atoms with Gasteiger partial charge in [0.1, 0.15) is 18.0 Å². The Bertz CT molecular complexity index is 966. The molecule has 0 unspecified atom stereocenters. The lowest BCUT2D eigenvalue weighted by molar-refractivity contribution is 0.105. The van der Waals surface area contributed by atoms with E-state index in [1.807, 2.05) is 43.3 Å². The summed E-state index contributed by atoms with van der Waals surface area (Å²) in [6.45, 7) is 4.83. The van der Waals surface area contributed by atoms with Crippen LogP contribution in [0.25, 0.3) is 10.9 Å². The Balaban J connectivity index is 1.47. The summed E-state index contributed by atoms with van der Waals surface area (Å²) in [6.07, 6.45) is 3.08. The summed E-state index contributed by atoms with van der Waals surface area (Å²) in [5.74, 6) is 1.53. The van der Waals surface area contributed by atoms with Gasteiger partial charge in [-0.25, -0.2) is 14.8 Å². The maximum atomic E-state index is 11.8. The van der Waals surface area contributed by atoms with Crippen LogP contribution in [0.2, 0.25) is 0 Å². The number of hydrogen-bond donors (Lipinski definition) is 1. The molecule has 3 heterocycles. The molecule has 28 heavy (non-hydrogen) atoms. The van der Waals surface area contributed by atoms with E-state index in [9.17, 15) is 4.79 Å². The van der Waals surface area contributed by atoms with Gasteiger partial charge in [-0.15, -0.1) is 0 Å². The number of nitrogens with one attached hydrogen (secondary N) is 1. The Hall–Kier alpha value is -3.42. The van der Waals surface area contributed by atoms with Crippen molar-refractivity contribution in [1.29, 1.82) is 0 Å². The molecular weight excluding hydrogens is 356 g/mol. The summed E-state index contributed by atoms with van der Waals surface area (Å²) in [5, 5.41) is 4.41. The van der Waals surface area contributed by atoms with E-state index in [-0.39, 0.29) is 6.09 Å². The van der Waals surface area contributed by atoms with E-state index in [0.29, 0.717) is 38.6 Å². The van der Waals surface area contributed by atoms with Crippen molar-refractivity contribution in [2.45, 2.75) is 6.92 Å². The number of nitrogens with zero attached hydrogens (tertiary/aromatic N) is 5. The minimum Gasteiger partial charge on any atom is -0.450 e. The number of anilines is 3. The first-order valence-corrected chi connectivity index (χ1v) is 9.34. The minimum atomic E-state index is -0.254. The summed E-state index contributed by atoms with van der Waals surface area (Å²) in [4.78, 5) is 28.9. The van der Waals surface area contributed by atoms with Gasteiger partial charge in [-0.3, -0.25) is 4.98 Å². The van der Waals surface area contributed by atoms with E-state index in [0.717, 1.165) is 22.4 Å². The lowest BCUT2D eigenvalue weighted by Gasteiger charge is -2.34. The highest BCUT2D eigenvalue weighted by Gasteiger charge is 2.22. The van der Waals surface area contributed by atoms with Gasteiger partial charge in [0.25, 0.3) is 0 Å². The largest absolute Gasteiger partial charge is 0.450 e. The first-order chi connectivity index (χ1) is 13.7. The topological polar surface area (TPSA) is 83.5 Å². The summed E-state index contributed by atoms with van der Waals surface area (Å²) >= 11 is 0. The molecule has 0 aliphatic carbocycles. The molecule has 8 nitrogen and oxygen atoms in total. The molecular formula is C20H22N6O2. The second-order valence-electron chi connectivity index (χ2n) is 6.44. The van der Waals surface area contributed by atoms with Crippen LogP contribution in [0.3, 0.4) is 0 Å². The molecule has 1 saturated heterocycles. The molecule has 0 bridgehead atoms. The SMILES string of the molecule is CCOC(=O)N1CCN(c2cc(Nc3cccc4cccnc34)ncn2)CC1. The average Bonchev–Trinajstić information content (AvgIpc) is 2.75. The van der Waals surface area contributed by atoms with Crippen molar-refractivity contribution >= 4 is 34.3 Å². The van der Waals surface area contributed by atoms with Gasteiger partial charge in [0.2, 0.25) is 0 Å². The Morgan fingerprint density at radius 1 is 1.11 bits per heavy atom. The van der Waals surface area contributed by atoms with Crippen LogP contribution in [0, 0.1) is 0 Å². The van der Waals surface area contributed by atoms with Crippen molar-refractivity contribution in [2.75, 3.05) is 43.0 Å². The van der Waals surface area contributed by atoms with Crippen LogP contribution >= 0.6 is 0 Å². The fourth-order valence-corrected chi connectivity index (χ4v) is 3.26. The first kappa shape index (κ1) is 18.0. The molecule has 144 valence electrons. The van der Waals surface area contributed by atoms with Crippen molar-refractivity contribution in [3.05, 3.63) is 48.9 Å². The van der Waals surface area contributed by atoms with E-state index >= 15 is 0 Å². The van der Waals surface area contributed by atoms with E-state index in [2.05, 4.69) is 25.2 Å². The van der Waals surface area contributed by atoms with E-state index < -0.39 is 0 Å². The standard InChI is InChI=1S/C20H22N6O2/c1-2-28-20(27)26-11-9-25(10-12-26)18-13-17(22-14-23-18)24-16-7-3-5-15-6-4-8-21-19(15)16/h3-8,13-14H,2,9-12H2,1H3,(H,22,23,24). The molecule has 1 amide bonds. The number of carbonyl (C=O) groups excluding carboxylic acids is 1. The molecule has 1 aromatic carbocycles. The van der Waals surface area contributed by atoms with Crippen molar-refractivity contribution in [3.8, 4) is 0 Å². The smallest absolute Gasteiger partial charge is 0.409 e. The number of para-hydroxylation sites is 1. The van der Waals surface area contributed by atoms with Crippen molar-refractivity contribution < 1.29 is 9.53 Å². The maximum Gasteiger partial charge on any atom is 0.409 e. The molecule has 0 saturated carbocycles. The predicted octanol–water partition coefficient (Wildman–Crippen LogP) is 3.05. The fraction of sp³-hybridized carbons (Fsp3) is 0.300. The summed E-state index contributed by atoms with van der Waals surface area (Å²) < 4.78 is 5.07. The third-order valence-corrected chi connectivity index (χ3v) is 4.68. The molecule has 1 aliphatic rings. The Morgan fingerprint density at radius 2 is 1.93 bits per heavy atom. The monoisotopic (exact) mass is 378 g/mol. The molecule has 0 spiro atoms. The van der Waals surface area contributed by atoms with Crippen LogP contribution in [0.1, 0.15) is 6.92 Å². The minimum absolute atomic E-state index is 0.254. The highest BCUT2D eigenvalue weighted by atomic mass is 16.6. The number of amides is 1. The second-order valence-corrected chi connectivity index (χ2v) is 6.44. The number of pyridine rings is 1. The van der Waals surface area contributed by atoms with Crippen LogP contribution in [0.15, 0.2) is 48.9 Å². The summed E-state index contributed by atoms with van der Waals surface area (Å²) in [5.41, 5.74) is 1.79. The molecule has 0 radical (unpaired) electrons. The fourth-order valence-electron chi connectivity index (χ4n) is 3.26. The number of aromatic nitrogens is 3. The highest BCUT2D eigenvalue weighted by Crippen LogP contribution is 2.25. The zero-order valence-electron chi connectivity index (χ0n) is 15.7. The number of benzene rings is 1. The molecule has 1 aliphatic heterocycles. The number of rotatable bonds is 4. The Morgan fingerprint density at radius 3 is 2.75 bits per heavy atom. The number of ether oxygens (including phenoxy) is 1. The van der Waals surface area contributed by atoms with Crippen LogP contribution in [-0.4, -0.2) is 58.7 Å². The van der Waals surface area contributed by atoms with Crippen LogP contribution < -0.4 is 10.2 Å². The molecule has 0 atom stereocenters. The maximum absolute atomic E-state index is 11.8. The zero-order chi connectivity index (χ0) is 19.3. The quantitative estimate of drug-likeness (QED) is 0.747. The van der Waals surface area contributed by atoms with E-state index in [4.69, 9.17) is 4.74 Å². The normalized spacial score (nSPS) is 14.2. The number of piperazine rings is 1. The van der Waals surface area contributed by atoms with E-state index in [1.165, 1.54) is 0 Å². The number of fused-ring (bicyclic) bond motifs is 1. The van der Waals surface area contributed by atoms with Crippen LogP contribution in [0.4, 0.5) is 22.1 Å². The van der Waals surface area contributed by atoms with Gasteiger partial charge in [-0.05, 0) is 19.1 Å². The average molecular weight is 378 g/mol. The van der Waals surface area contributed by atoms with Crippen molar-refractivity contribution in [1.82, 2.24) is 19.9 Å². The van der Waals surface area contributed by atoms with Gasteiger partial charge in [-0.1, -0.05) is 18.2 Å². The number of hydrogen-bond acceptors (Lipinski definition) is 7. The van der Waals surface area contributed by atoms with Gasteiger partial charge in [0.15, 0.2) is 0 Å².